The molecule has 0 aliphatic rings. The van der Waals surface area contributed by atoms with Gasteiger partial charge in [-0.3, -0.25) is 10.1 Å². The van der Waals surface area contributed by atoms with Crippen LogP contribution in [-0.4, -0.2) is 23.2 Å². The van der Waals surface area contributed by atoms with Gasteiger partial charge < -0.3 is 15.4 Å². The lowest BCUT2D eigenvalue weighted by Crippen LogP contribution is -2.31. The van der Waals surface area contributed by atoms with Crippen molar-refractivity contribution in [2.75, 3.05) is 18.5 Å². The highest BCUT2D eigenvalue weighted by Gasteiger charge is 2.16. The van der Waals surface area contributed by atoms with E-state index in [0.717, 1.165) is 0 Å². The largest absolute Gasteiger partial charge is 0.494 e. The number of anilines is 1. The van der Waals surface area contributed by atoms with Gasteiger partial charge in [0.2, 0.25) is 0 Å². The molecule has 0 aliphatic carbocycles. The number of nitro groups is 1. The Labute approximate surface area is 123 Å². The minimum absolute atomic E-state index is 0.0651. The van der Waals surface area contributed by atoms with Crippen LogP contribution in [-0.2, 0) is 0 Å². The van der Waals surface area contributed by atoms with Crippen molar-refractivity contribution in [3.8, 4) is 5.75 Å². The van der Waals surface area contributed by atoms with Crippen molar-refractivity contribution in [3.63, 3.8) is 0 Å². The van der Waals surface area contributed by atoms with Gasteiger partial charge in [-0.05, 0) is 37.2 Å². The molecule has 0 aliphatic heterocycles. The van der Waals surface area contributed by atoms with Gasteiger partial charge in [0, 0.05) is 6.54 Å². The molecule has 0 bridgehead atoms. The van der Waals surface area contributed by atoms with Crippen molar-refractivity contribution < 1.29 is 9.66 Å². The lowest BCUT2D eigenvalue weighted by molar-refractivity contribution is -0.384. The normalized spacial score (nSPS) is 10.2. The van der Waals surface area contributed by atoms with Crippen molar-refractivity contribution in [2.45, 2.75) is 20.8 Å². The van der Waals surface area contributed by atoms with Gasteiger partial charge in [0.05, 0.1) is 17.6 Å². The molecule has 0 radical (unpaired) electrons. The Morgan fingerprint density at radius 1 is 1.50 bits per heavy atom. The molecular weight excluding hydrogens is 278 g/mol. The highest BCUT2D eigenvalue weighted by Crippen LogP contribution is 2.29. The summed E-state index contributed by atoms with van der Waals surface area (Å²) >= 11 is 5.11. The van der Waals surface area contributed by atoms with Gasteiger partial charge in [0.1, 0.15) is 11.4 Å². The molecule has 0 saturated carbocycles. The third kappa shape index (κ3) is 5.00. The molecule has 1 rings (SSSR count). The summed E-state index contributed by atoms with van der Waals surface area (Å²) in [6.45, 7) is 7.09. The van der Waals surface area contributed by atoms with Crippen molar-refractivity contribution >= 4 is 28.7 Å². The molecular formula is C13H19N3O3S. The number of benzene rings is 1. The van der Waals surface area contributed by atoms with Gasteiger partial charge in [-0.25, -0.2) is 0 Å². The van der Waals surface area contributed by atoms with E-state index >= 15 is 0 Å². The average molecular weight is 297 g/mol. The molecule has 1 aromatic rings. The minimum Gasteiger partial charge on any atom is -0.494 e. The first kappa shape index (κ1) is 16.2. The molecule has 0 spiro atoms. The Kier molecular flexibility index (Phi) is 6.17. The van der Waals surface area contributed by atoms with E-state index < -0.39 is 4.92 Å². The third-order valence-corrected chi connectivity index (χ3v) is 2.64. The van der Waals surface area contributed by atoms with Crippen LogP contribution >= 0.6 is 12.2 Å². The first-order valence-corrected chi connectivity index (χ1v) is 6.81. The molecule has 0 heterocycles. The Hall–Kier alpha value is -1.89. The molecule has 20 heavy (non-hydrogen) atoms. The maximum absolute atomic E-state index is 11.1. The standard InChI is InChI=1S/C13H19N3O3S/c1-4-19-10-5-6-11(12(7-10)16(17)18)15-13(20)14-8-9(2)3/h5-7,9H,4,8H2,1-3H3,(H2,14,15,20). The third-order valence-electron chi connectivity index (χ3n) is 2.40. The van der Waals surface area contributed by atoms with E-state index in [2.05, 4.69) is 24.5 Å². The zero-order chi connectivity index (χ0) is 15.1. The molecule has 7 heteroatoms. The Morgan fingerprint density at radius 3 is 2.75 bits per heavy atom. The molecule has 0 saturated heterocycles. The quantitative estimate of drug-likeness (QED) is 0.477. The van der Waals surface area contributed by atoms with Crippen LogP contribution in [0.3, 0.4) is 0 Å². The van der Waals surface area contributed by atoms with E-state index in [0.29, 0.717) is 35.6 Å². The fraction of sp³-hybridized carbons (Fsp3) is 0.462. The highest BCUT2D eigenvalue weighted by atomic mass is 32.1. The van der Waals surface area contributed by atoms with Gasteiger partial charge in [-0.15, -0.1) is 0 Å². The number of hydrogen-bond donors (Lipinski definition) is 2. The van der Waals surface area contributed by atoms with Gasteiger partial charge >= 0.3 is 0 Å². The molecule has 1 aromatic carbocycles. The SMILES string of the molecule is CCOc1ccc(NC(=S)NCC(C)C)c([N+](=O)[O-])c1. The van der Waals surface area contributed by atoms with Gasteiger partial charge in [0.25, 0.3) is 5.69 Å². The first-order valence-electron chi connectivity index (χ1n) is 6.40. The number of nitrogens with zero attached hydrogens (tertiary/aromatic N) is 1. The summed E-state index contributed by atoms with van der Waals surface area (Å²) in [6.07, 6.45) is 0. The second-order valence-corrected chi connectivity index (χ2v) is 5.01. The van der Waals surface area contributed by atoms with Crippen LogP contribution in [0, 0.1) is 16.0 Å². The van der Waals surface area contributed by atoms with Crippen LogP contribution in [0.2, 0.25) is 0 Å². The smallest absolute Gasteiger partial charge is 0.296 e. The number of nitro benzene ring substituents is 1. The van der Waals surface area contributed by atoms with Crippen LogP contribution in [0.1, 0.15) is 20.8 Å². The number of thiocarbonyl (C=S) groups is 1. The average Bonchev–Trinajstić information content (AvgIpc) is 2.38. The van der Waals surface area contributed by atoms with E-state index in [9.17, 15) is 10.1 Å². The Balaban J connectivity index is 2.83. The molecule has 0 unspecified atom stereocenters. The molecule has 110 valence electrons. The summed E-state index contributed by atoms with van der Waals surface area (Å²) in [4.78, 5) is 10.6. The van der Waals surface area contributed by atoms with Crippen LogP contribution in [0.25, 0.3) is 0 Å². The van der Waals surface area contributed by atoms with E-state index in [1.807, 2.05) is 6.92 Å². The molecule has 0 aromatic heterocycles. The zero-order valence-electron chi connectivity index (χ0n) is 11.8. The maximum atomic E-state index is 11.1. The summed E-state index contributed by atoms with van der Waals surface area (Å²) < 4.78 is 5.25. The number of rotatable bonds is 6. The second-order valence-electron chi connectivity index (χ2n) is 4.60. The fourth-order valence-corrected chi connectivity index (χ4v) is 1.68. The van der Waals surface area contributed by atoms with Gasteiger partial charge in [0.15, 0.2) is 5.11 Å². The Morgan fingerprint density at radius 2 is 2.20 bits per heavy atom. The minimum atomic E-state index is -0.462. The van der Waals surface area contributed by atoms with Crippen molar-refractivity contribution in [1.82, 2.24) is 5.32 Å². The van der Waals surface area contributed by atoms with Crippen LogP contribution < -0.4 is 15.4 Å². The van der Waals surface area contributed by atoms with Crippen molar-refractivity contribution in [3.05, 3.63) is 28.3 Å². The summed E-state index contributed by atoms with van der Waals surface area (Å²) in [6, 6.07) is 4.65. The van der Waals surface area contributed by atoms with Crippen LogP contribution in [0.15, 0.2) is 18.2 Å². The van der Waals surface area contributed by atoms with Crippen LogP contribution in [0.4, 0.5) is 11.4 Å². The number of hydrogen-bond acceptors (Lipinski definition) is 4. The predicted molar refractivity (Wildman–Crippen MR) is 83.3 cm³/mol. The summed E-state index contributed by atoms with van der Waals surface area (Å²) in [5.41, 5.74) is 0.282. The van der Waals surface area contributed by atoms with E-state index in [4.69, 9.17) is 17.0 Å². The predicted octanol–water partition coefficient (Wildman–Crippen LogP) is 2.94. The molecule has 6 nitrogen and oxygen atoms in total. The lowest BCUT2D eigenvalue weighted by Gasteiger charge is -2.13. The van der Waals surface area contributed by atoms with Crippen LogP contribution in [0.5, 0.6) is 5.75 Å². The molecule has 0 atom stereocenters. The fourth-order valence-electron chi connectivity index (χ4n) is 1.49. The van der Waals surface area contributed by atoms with E-state index in [1.54, 1.807) is 12.1 Å². The second kappa shape index (κ2) is 7.64. The first-order chi connectivity index (χ1) is 9.43. The topological polar surface area (TPSA) is 76.4 Å². The summed E-state index contributed by atoms with van der Waals surface area (Å²) in [7, 11) is 0. The van der Waals surface area contributed by atoms with Crippen molar-refractivity contribution in [1.29, 1.82) is 0 Å². The highest BCUT2D eigenvalue weighted by molar-refractivity contribution is 7.80. The zero-order valence-corrected chi connectivity index (χ0v) is 12.6. The summed E-state index contributed by atoms with van der Waals surface area (Å²) in [5, 5.41) is 17.3. The molecule has 2 N–H and O–H groups in total. The number of ether oxygens (including phenoxy) is 1. The number of nitrogens with one attached hydrogen (secondary N) is 2. The summed E-state index contributed by atoms with van der Waals surface area (Å²) in [5.74, 6) is 0.899. The Bertz CT molecular complexity index is 492. The molecule has 0 amide bonds. The van der Waals surface area contributed by atoms with Gasteiger partial charge in [-0.1, -0.05) is 13.8 Å². The lowest BCUT2D eigenvalue weighted by atomic mass is 10.2. The maximum Gasteiger partial charge on any atom is 0.296 e. The monoisotopic (exact) mass is 297 g/mol. The van der Waals surface area contributed by atoms with Crippen molar-refractivity contribution in [2.24, 2.45) is 5.92 Å². The van der Waals surface area contributed by atoms with E-state index in [1.165, 1.54) is 6.07 Å². The van der Waals surface area contributed by atoms with E-state index in [-0.39, 0.29) is 5.69 Å². The van der Waals surface area contributed by atoms with Gasteiger partial charge in [-0.2, -0.15) is 0 Å². The molecule has 0 fully saturated rings.